The van der Waals surface area contributed by atoms with Gasteiger partial charge in [0.1, 0.15) is 17.2 Å². The second-order valence-electron chi connectivity index (χ2n) is 8.48. The first-order valence-corrected chi connectivity index (χ1v) is 10.9. The maximum Gasteiger partial charge on any atom is 0.433 e. The number of carbonyl (C=O) groups excluding carboxylic acids is 1. The molecule has 0 saturated heterocycles. The van der Waals surface area contributed by atoms with Gasteiger partial charge in [-0.15, -0.1) is 0 Å². The van der Waals surface area contributed by atoms with Crippen LogP contribution in [0, 0.1) is 17.0 Å². The van der Waals surface area contributed by atoms with Crippen molar-refractivity contribution in [1.82, 2.24) is 14.6 Å². The van der Waals surface area contributed by atoms with Crippen molar-refractivity contribution in [3.05, 3.63) is 87.4 Å². The van der Waals surface area contributed by atoms with Crippen LogP contribution in [0.3, 0.4) is 0 Å². The number of halogens is 3. The first-order valence-electron chi connectivity index (χ1n) is 10.9. The molecule has 9 nitrogen and oxygen atoms in total. The number of nitrogens with one attached hydrogen (secondary N) is 1. The van der Waals surface area contributed by atoms with Crippen molar-refractivity contribution in [3.63, 3.8) is 0 Å². The Morgan fingerprint density at radius 3 is 2.47 bits per heavy atom. The molecule has 1 N–H and O–H groups in total. The highest BCUT2D eigenvalue weighted by Crippen LogP contribution is 2.41. The van der Waals surface area contributed by atoms with E-state index in [4.69, 9.17) is 4.74 Å². The third-order valence-electron chi connectivity index (χ3n) is 5.58. The molecule has 0 bridgehead atoms. The number of non-ortho nitro benzene ring substituents is 1. The molecule has 1 amide bonds. The van der Waals surface area contributed by atoms with Gasteiger partial charge in [-0.05, 0) is 38.0 Å². The number of aromatic nitrogens is 3. The maximum atomic E-state index is 13.6. The molecule has 36 heavy (non-hydrogen) atoms. The molecular weight excluding hydrogens is 479 g/mol. The first kappa shape index (κ1) is 23.3. The molecule has 2 heterocycles. The number of ether oxygens (including phenoxy) is 1. The Morgan fingerprint density at radius 2 is 1.83 bits per heavy atom. The molecule has 1 aliphatic rings. The topological polar surface area (TPSA) is 112 Å². The van der Waals surface area contributed by atoms with E-state index >= 15 is 0 Å². The van der Waals surface area contributed by atoms with Crippen LogP contribution in [0.1, 0.15) is 46.2 Å². The maximum absolute atomic E-state index is 13.6. The quantitative estimate of drug-likeness (QED) is 0.263. The third-order valence-corrected chi connectivity index (χ3v) is 5.58. The third kappa shape index (κ3) is 4.83. The Balaban J connectivity index is 1.46. The minimum absolute atomic E-state index is 0.0102. The first-order chi connectivity index (χ1) is 17.1. The molecule has 184 valence electrons. The van der Waals surface area contributed by atoms with Crippen LogP contribution in [0.25, 0.3) is 5.65 Å². The molecule has 1 fully saturated rings. The molecule has 0 atom stereocenters. The highest BCUT2D eigenvalue weighted by Gasteiger charge is 2.37. The van der Waals surface area contributed by atoms with Crippen LogP contribution < -0.4 is 10.1 Å². The molecule has 1 saturated carbocycles. The van der Waals surface area contributed by atoms with E-state index in [-0.39, 0.29) is 34.4 Å². The van der Waals surface area contributed by atoms with Crippen molar-refractivity contribution in [1.29, 1.82) is 0 Å². The van der Waals surface area contributed by atoms with Crippen LogP contribution in [0.2, 0.25) is 0 Å². The van der Waals surface area contributed by atoms with Gasteiger partial charge in [-0.2, -0.15) is 18.3 Å². The molecule has 5 rings (SSSR count). The second-order valence-corrected chi connectivity index (χ2v) is 8.48. The van der Waals surface area contributed by atoms with Crippen LogP contribution in [-0.4, -0.2) is 25.4 Å². The standard InChI is InChI=1S/C24H18F3N5O4/c1-13-2-6-17(7-3-13)36-18-9-15(8-16(10-18)32(34)35)28-23(33)20-12-22-29-19(14-4-5-14)11-21(24(25,26)27)31(22)30-20/h2-3,6-12,14H,4-5H2,1H3,(H,28,33). The van der Waals surface area contributed by atoms with Crippen LogP contribution in [0.15, 0.2) is 54.6 Å². The van der Waals surface area contributed by atoms with E-state index in [0.717, 1.165) is 36.6 Å². The van der Waals surface area contributed by atoms with Gasteiger partial charge in [-0.25, -0.2) is 9.50 Å². The summed E-state index contributed by atoms with van der Waals surface area (Å²) in [6, 6.07) is 12.7. The zero-order valence-corrected chi connectivity index (χ0v) is 18.7. The second kappa shape index (κ2) is 8.63. The Labute approximate surface area is 201 Å². The summed E-state index contributed by atoms with van der Waals surface area (Å²) in [6.07, 6.45) is -3.20. The lowest BCUT2D eigenvalue weighted by molar-refractivity contribution is -0.384. The normalized spacial score (nSPS) is 13.6. The molecule has 0 unspecified atom stereocenters. The molecular formula is C24H18F3N5O4. The lowest BCUT2D eigenvalue weighted by Crippen LogP contribution is -2.16. The van der Waals surface area contributed by atoms with Crippen LogP contribution >= 0.6 is 0 Å². The highest BCUT2D eigenvalue weighted by molar-refractivity contribution is 6.03. The summed E-state index contributed by atoms with van der Waals surface area (Å²) in [5, 5.41) is 17.7. The molecule has 4 aromatic rings. The van der Waals surface area contributed by atoms with E-state index in [1.165, 1.54) is 12.1 Å². The van der Waals surface area contributed by atoms with E-state index in [0.29, 0.717) is 16.0 Å². The Hall–Kier alpha value is -4.48. The summed E-state index contributed by atoms with van der Waals surface area (Å²) in [7, 11) is 0. The number of benzene rings is 2. The fraction of sp³-hybridized carbons (Fsp3) is 0.208. The lowest BCUT2D eigenvalue weighted by atomic mass is 10.2. The number of hydrogen-bond acceptors (Lipinski definition) is 6. The van der Waals surface area contributed by atoms with Gasteiger partial charge in [0, 0.05) is 29.8 Å². The fourth-order valence-corrected chi connectivity index (χ4v) is 3.65. The number of anilines is 1. The average Bonchev–Trinajstić information content (AvgIpc) is 3.57. The van der Waals surface area contributed by atoms with E-state index in [1.54, 1.807) is 24.3 Å². The number of hydrogen-bond donors (Lipinski definition) is 1. The predicted octanol–water partition coefficient (Wildman–Crippen LogP) is 5.89. The smallest absolute Gasteiger partial charge is 0.433 e. The van der Waals surface area contributed by atoms with Gasteiger partial charge in [-0.1, -0.05) is 17.7 Å². The van der Waals surface area contributed by atoms with Crippen LogP contribution in [-0.2, 0) is 6.18 Å². The van der Waals surface area contributed by atoms with E-state index < -0.39 is 22.7 Å². The Kier molecular flexibility index (Phi) is 5.58. The van der Waals surface area contributed by atoms with Gasteiger partial charge in [0.2, 0.25) is 0 Å². The molecule has 0 radical (unpaired) electrons. The van der Waals surface area contributed by atoms with Gasteiger partial charge in [0.25, 0.3) is 11.6 Å². The highest BCUT2D eigenvalue weighted by atomic mass is 19.4. The largest absolute Gasteiger partial charge is 0.457 e. The molecule has 12 heteroatoms. The molecule has 1 aliphatic carbocycles. The molecule has 0 aliphatic heterocycles. The zero-order valence-electron chi connectivity index (χ0n) is 18.7. The average molecular weight is 497 g/mol. The SMILES string of the molecule is Cc1ccc(Oc2cc(NC(=O)c3cc4nc(C5CC5)cc(C(F)(F)F)n4n3)cc([N+](=O)[O-])c2)cc1. The van der Waals surface area contributed by atoms with Crippen LogP contribution in [0.5, 0.6) is 11.5 Å². The van der Waals surface area contributed by atoms with Gasteiger partial charge in [-0.3, -0.25) is 14.9 Å². The number of aryl methyl sites for hydroxylation is 1. The monoisotopic (exact) mass is 497 g/mol. The summed E-state index contributed by atoms with van der Waals surface area (Å²) >= 11 is 0. The van der Waals surface area contributed by atoms with E-state index in [9.17, 15) is 28.1 Å². The number of rotatable bonds is 6. The summed E-state index contributed by atoms with van der Waals surface area (Å²) in [4.78, 5) is 27.8. The number of alkyl halides is 3. The molecule has 2 aromatic heterocycles. The number of nitro benzene ring substituents is 1. The minimum Gasteiger partial charge on any atom is -0.457 e. The molecule has 0 spiro atoms. The van der Waals surface area contributed by atoms with Crippen LogP contribution in [0.4, 0.5) is 24.5 Å². The predicted molar refractivity (Wildman–Crippen MR) is 122 cm³/mol. The number of fused-ring (bicyclic) bond motifs is 1. The fourth-order valence-electron chi connectivity index (χ4n) is 3.65. The number of amides is 1. The van der Waals surface area contributed by atoms with Crippen molar-refractivity contribution in [2.24, 2.45) is 0 Å². The van der Waals surface area contributed by atoms with Crippen molar-refractivity contribution in [2.75, 3.05) is 5.32 Å². The number of nitrogens with zero attached hydrogens (tertiary/aromatic N) is 4. The van der Waals surface area contributed by atoms with Gasteiger partial charge in [0.05, 0.1) is 16.7 Å². The van der Waals surface area contributed by atoms with Crippen molar-refractivity contribution in [3.8, 4) is 11.5 Å². The van der Waals surface area contributed by atoms with E-state index in [2.05, 4.69) is 15.4 Å². The van der Waals surface area contributed by atoms with Crippen molar-refractivity contribution < 1.29 is 27.6 Å². The van der Waals surface area contributed by atoms with E-state index in [1.807, 2.05) is 6.92 Å². The summed E-state index contributed by atoms with van der Waals surface area (Å²) in [6.45, 7) is 1.89. The van der Waals surface area contributed by atoms with Gasteiger partial charge >= 0.3 is 6.18 Å². The number of nitro groups is 1. The van der Waals surface area contributed by atoms with Crippen molar-refractivity contribution >= 4 is 22.9 Å². The molecule has 2 aromatic carbocycles. The number of carbonyl (C=O) groups is 1. The summed E-state index contributed by atoms with van der Waals surface area (Å²) in [5.74, 6) is -0.382. The summed E-state index contributed by atoms with van der Waals surface area (Å²) < 4.78 is 47.2. The van der Waals surface area contributed by atoms with Gasteiger partial charge < -0.3 is 10.1 Å². The lowest BCUT2D eigenvalue weighted by Gasteiger charge is -2.10. The Bertz CT molecular complexity index is 1490. The van der Waals surface area contributed by atoms with Gasteiger partial charge in [0.15, 0.2) is 11.3 Å². The zero-order chi connectivity index (χ0) is 25.6. The van der Waals surface area contributed by atoms with Crippen molar-refractivity contribution in [2.45, 2.75) is 31.9 Å². The Morgan fingerprint density at radius 1 is 1.11 bits per heavy atom. The summed E-state index contributed by atoms with van der Waals surface area (Å²) in [5.41, 5.74) is -0.506. The minimum atomic E-state index is -4.70.